The first kappa shape index (κ1) is 12.6. The summed E-state index contributed by atoms with van der Waals surface area (Å²) in [5, 5.41) is 0. The Balaban J connectivity index is 0.000000791. The quantitative estimate of drug-likeness (QED) is 0.495. The second kappa shape index (κ2) is 8.24. The molecule has 0 aliphatic heterocycles. The lowest BCUT2D eigenvalue weighted by Crippen LogP contribution is -1.96. The number of allylic oxidation sites excluding steroid dienone is 2. The Kier molecular flexibility index (Phi) is 7.43. The maximum Gasteiger partial charge on any atom is 0.204 e. The normalized spacial score (nSPS) is 11.0. The third kappa shape index (κ3) is 4.61. The Labute approximate surface area is 87.4 Å². The van der Waals surface area contributed by atoms with Crippen molar-refractivity contribution in [3.63, 3.8) is 0 Å². The molecule has 76 valence electrons. The zero-order valence-corrected chi connectivity index (χ0v) is 9.57. The van der Waals surface area contributed by atoms with Crippen LogP contribution in [0.25, 0.3) is 0 Å². The monoisotopic (exact) mass is 190 g/mol. The summed E-state index contributed by atoms with van der Waals surface area (Å²) >= 11 is 0. The molecule has 1 nitrogen and oxygen atoms in total. The molecular weight excluding hydrogens is 170 g/mol. The second-order valence-electron chi connectivity index (χ2n) is 2.62. The van der Waals surface area contributed by atoms with Gasteiger partial charge in [-0.3, -0.25) is 0 Å². The minimum atomic E-state index is 1.20. The van der Waals surface area contributed by atoms with E-state index in [1.807, 2.05) is 64.4 Å². The lowest BCUT2D eigenvalue weighted by molar-refractivity contribution is -0.398. The van der Waals surface area contributed by atoms with Crippen LogP contribution in [-0.2, 0) is 0 Å². The molecule has 14 heavy (non-hydrogen) atoms. The van der Waals surface area contributed by atoms with Crippen LogP contribution in [0.15, 0.2) is 42.5 Å². The summed E-state index contributed by atoms with van der Waals surface area (Å²) in [6.07, 6.45) is 6.07. The van der Waals surface area contributed by atoms with Gasteiger partial charge in [-0.25, -0.2) is 4.58 Å². The van der Waals surface area contributed by atoms with E-state index in [2.05, 4.69) is 16.7 Å². The molecule has 0 radical (unpaired) electrons. The first-order valence-electron chi connectivity index (χ1n) is 5.08. The fourth-order valence-electron chi connectivity index (χ4n) is 0.964. The summed E-state index contributed by atoms with van der Waals surface area (Å²) in [6.45, 7) is 6.01. The molecule has 0 saturated carbocycles. The van der Waals surface area contributed by atoms with E-state index in [1.54, 1.807) is 0 Å². The van der Waals surface area contributed by atoms with Gasteiger partial charge in [0.1, 0.15) is 7.05 Å². The highest BCUT2D eigenvalue weighted by Crippen LogP contribution is 2.06. The van der Waals surface area contributed by atoms with Crippen LogP contribution in [0.5, 0.6) is 0 Å². The van der Waals surface area contributed by atoms with Gasteiger partial charge in [0, 0.05) is 12.1 Å². The first-order chi connectivity index (χ1) is 6.84. The van der Waals surface area contributed by atoms with Gasteiger partial charge in [0.15, 0.2) is 6.21 Å². The van der Waals surface area contributed by atoms with Gasteiger partial charge in [-0.2, -0.15) is 0 Å². The summed E-state index contributed by atoms with van der Waals surface area (Å²) in [5.74, 6) is 0. The molecule has 0 N–H and O–H groups in total. The second-order valence-corrected chi connectivity index (χ2v) is 2.62. The van der Waals surface area contributed by atoms with Crippen molar-refractivity contribution in [2.75, 3.05) is 7.05 Å². The lowest BCUT2D eigenvalue weighted by Gasteiger charge is -1.92. The molecular formula is C13H20N+. The predicted octanol–water partition coefficient (Wildman–Crippen LogP) is 3.63. The van der Waals surface area contributed by atoms with Crippen molar-refractivity contribution in [2.45, 2.75) is 20.8 Å². The summed E-state index contributed by atoms with van der Waals surface area (Å²) in [6, 6.07) is 10.3. The van der Waals surface area contributed by atoms with Gasteiger partial charge in [-0.15, -0.1) is 0 Å². The largest absolute Gasteiger partial charge is 0.204 e. The Morgan fingerprint density at radius 2 is 1.64 bits per heavy atom. The van der Waals surface area contributed by atoms with E-state index < -0.39 is 0 Å². The van der Waals surface area contributed by atoms with Gasteiger partial charge in [0.25, 0.3) is 0 Å². The van der Waals surface area contributed by atoms with Crippen molar-refractivity contribution in [2.24, 2.45) is 0 Å². The summed E-state index contributed by atoms with van der Waals surface area (Å²) in [7, 11) is 2.04. The molecule has 1 aromatic carbocycles. The molecule has 0 amide bonds. The van der Waals surface area contributed by atoms with Crippen LogP contribution < -0.4 is 0 Å². The van der Waals surface area contributed by atoms with Gasteiger partial charge >= 0.3 is 0 Å². The molecule has 0 unspecified atom stereocenters. The number of hydrogen-bond acceptors (Lipinski definition) is 0. The van der Waals surface area contributed by atoms with Crippen molar-refractivity contribution in [3.05, 3.63) is 42.5 Å². The molecule has 0 fully saturated rings. The van der Waals surface area contributed by atoms with Gasteiger partial charge in [-0.1, -0.05) is 38.1 Å². The summed E-state index contributed by atoms with van der Waals surface area (Å²) in [5.41, 5.74) is 1.20. The number of benzene rings is 1. The highest BCUT2D eigenvalue weighted by Gasteiger charge is 1.97. The zero-order valence-electron chi connectivity index (χ0n) is 9.57. The fraction of sp³-hybridized carbons (Fsp3) is 0.308. The minimum absolute atomic E-state index is 1.20. The third-order valence-corrected chi connectivity index (χ3v) is 1.67. The van der Waals surface area contributed by atoms with E-state index in [0.717, 1.165) is 0 Å². The van der Waals surface area contributed by atoms with Gasteiger partial charge < -0.3 is 0 Å². The van der Waals surface area contributed by atoms with Gasteiger partial charge in [-0.05, 0) is 13.0 Å². The van der Waals surface area contributed by atoms with Crippen molar-refractivity contribution in [3.8, 4) is 0 Å². The molecule has 0 bridgehead atoms. The number of para-hydroxylation sites is 1. The van der Waals surface area contributed by atoms with Crippen molar-refractivity contribution >= 4 is 11.9 Å². The zero-order chi connectivity index (χ0) is 10.8. The van der Waals surface area contributed by atoms with Crippen LogP contribution in [0.3, 0.4) is 0 Å². The molecule has 0 spiro atoms. The number of hydrogen-bond donors (Lipinski definition) is 0. The molecule has 1 heteroatoms. The molecule has 1 rings (SSSR count). The highest BCUT2D eigenvalue weighted by atomic mass is 15.0. The Morgan fingerprint density at radius 3 is 2.14 bits per heavy atom. The molecule has 0 aliphatic carbocycles. The Bertz CT molecular complexity index is 283. The van der Waals surface area contributed by atoms with E-state index in [1.165, 1.54) is 5.69 Å². The first-order valence-corrected chi connectivity index (χ1v) is 5.08. The summed E-state index contributed by atoms with van der Waals surface area (Å²) in [4.78, 5) is 0. The van der Waals surface area contributed by atoms with Crippen LogP contribution >= 0.6 is 0 Å². The smallest absolute Gasteiger partial charge is 0.202 e. The van der Waals surface area contributed by atoms with E-state index in [0.29, 0.717) is 0 Å². The van der Waals surface area contributed by atoms with Crippen molar-refractivity contribution in [1.82, 2.24) is 0 Å². The molecule has 0 heterocycles. The van der Waals surface area contributed by atoms with Crippen LogP contribution in [0.4, 0.5) is 5.69 Å². The molecule has 0 saturated heterocycles. The molecule has 1 aromatic rings. The maximum atomic E-state index is 2.08. The standard InChI is InChI=1S/C11H14N.C2H6/c1-3-4-10-12(2)11-8-6-5-7-9-11;1-2/h3-10H,1-2H3;1-2H3/q+1;. The fourth-order valence-corrected chi connectivity index (χ4v) is 0.964. The minimum Gasteiger partial charge on any atom is -0.202 e. The topological polar surface area (TPSA) is 3.01 Å². The number of rotatable bonds is 2. The van der Waals surface area contributed by atoms with E-state index in [9.17, 15) is 0 Å². The van der Waals surface area contributed by atoms with Crippen LogP contribution in [0.1, 0.15) is 20.8 Å². The van der Waals surface area contributed by atoms with Crippen LogP contribution in [0, 0.1) is 0 Å². The molecule has 0 aliphatic rings. The maximum absolute atomic E-state index is 2.08. The molecule has 0 atom stereocenters. The third-order valence-electron chi connectivity index (χ3n) is 1.67. The Hall–Kier alpha value is -1.37. The van der Waals surface area contributed by atoms with E-state index >= 15 is 0 Å². The van der Waals surface area contributed by atoms with Crippen molar-refractivity contribution in [1.29, 1.82) is 0 Å². The average molecular weight is 190 g/mol. The SMILES string of the molecule is CC.CC=CC=[N+](C)c1ccccc1. The van der Waals surface area contributed by atoms with Gasteiger partial charge in [0.05, 0.1) is 0 Å². The van der Waals surface area contributed by atoms with Crippen molar-refractivity contribution < 1.29 is 4.58 Å². The van der Waals surface area contributed by atoms with Crippen LogP contribution in [-0.4, -0.2) is 17.8 Å². The molecule has 0 aromatic heterocycles. The van der Waals surface area contributed by atoms with Gasteiger partial charge in [0.2, 0.25) is 5.69 Å². The van der Waals surface area contributed by atoms with Crippen LogP contribution in [0.2, 0.25) is 0 Å². The average Bonchev–Trinajstić information content (AvgIpc) is 2.30. The highest BCUT2D eigenvalue weighted by molar-refractivity contribution is 5.67. The van der Waals surface area contributed by atoms with E-state index in [-0.39, 0.29) is 0 Å². The Morgan fingerprint density at radius 1 is 1.07 bits per heavy atom. The number of nitrogens with zero attached hydrogens (tertiary/aromatic N) is 1. The summed E-state index contributed by atoms with van der Waals surface area (Å²) < 4.78 is 2.08. The predicted molar refractivity (Wildman–Crippen MR) is 64.5 cm³/mol. The van der Waals surface area contributed by atoms with E-state index in [4.69, 9.17) is 0 Å². The lowest BCUT2D eigenvalue weighted by atomic mass is 10.3.